The summed E-state index contributed by atoms with van der Waals surface area (Å²) in [6.45, 7) is 5.28. The van der Waals surface area contributed by atoms with E-state index in [1.54, 1.807) is 32.9 Å². The van der Waals surface area contributed by atoms with Crippen LogP contribution in [-0.2, 0) is 4.74 Å². The van der Waals surface area contributed by atoms with Crippen LogP contribution in [0.15, 0.2) is 22.7 Å². The molecule has 0 radical (unpaired) electrons. The summed E-state index contributed by atoms with van der Waals surface area (Å²) in [5, 5.41) is 0. The second-order valence-electron chi connectivity index (χ2n) is 4.61. The number of carbonyl (C=O) groups excluding carboxylic acids is 1. The van der Waals surface area contributed by atoms with Gasteiger partial charge >= 0.3 is 6.09 Å². The van der Waals surface area contributed by atoms with Crippen LogP contribution in [-0.4, -0.2) is 18.7 Å². The Bertz CT molecular complexity index is 429. The minimum absolute atomic E-state index is 0.175. The fourth-order valence-electron chi connectivity index (χ4n) is 1.18. The molecule has 0 atom stereocenters. The Hall–Kier alpha value is -1.10. The van der Waals surface area contributed by atoms with Gasteiger partial charge in [0.25, 0.3) is 0 Å². The molecule has 1 amide bonds. The van der Waals surface area contributed by atoms with Crippen molar-refractivity contribution in [2.24, 2.45) is 0 Å². The highest BCUT2D eigenvalue weighted by atomic mass is 79.9. The van der Waals surface area contributed by atoms with Crippen LogP contribution in [0.25, 0.3) is 0 Å². The molecule has 0 spiro atoms. The van der Waals surface area contributed by atoms with Gasteiger partial charge in [0.1, 0.15) is 5.60 Å². The lowest BCUT2D eigenvalue weighted by Crippen LogP contribution is -2.34. The molecule has 0 fully saturated rings. The number of benzene rings is 1. The Kier molecular flexibility index (Phi) is 4.14. The first-order valence-electron chi connectivity index (χ1n) is 5.13. The van der Waals surface area contributed by atoms with Gasteiger partial charge in [-0.15, -0.1) is 0 Å². The van der Waals surface area contributed by atoms with Gasteiger partial charge < -0.3 is 4.74 Å². The van der Waals surface area contributed by atoms with Crippen LogP contribution in [0.4, 0.5) is 14.9 Å². The Morgan fingerprint density at radius 3 is 2.53 bits per heavy atom. The van der Waals surface area contributed by atoms with Crippen LogP contribution in [0.2, 0.25) is 0 Å². The maximum Gasteiger partial charge on any atom is 0.414 e. The van der Waals surface area contributed by atoms with Gasteiger partial charge in [0.05, 0.1) is 10.2 Å². The smallest absolute Gasteiger partial charge is 0.414 e. The maximum atomic E-state index is 13.7. The quantitative estimate of drug-likeness (QED) is 0.786. The molecule has 3 nitrogen and oxygen atoms in total. The van der Waals surface area contributed by atoms with Gasteiger partial charge in [-0.1, -0.05) is 6.07 Å². The van der Waals surface area contributed by atoms with Gasteiger partial charge in [-0.05, 0) is 48.8 Å². The summed E-state index contributed by atoms with van der Waals surface area (Å²) in [5.74, 6) is -0.485. The summed E-state index contributed by atoms with van der Waals surface area (Å²) in [7, 11) is 1.47. The number of nitrogens with zero attached hydrogens (tertiary/aromatic N) is 1. The van der Waals surface area contributed by atoms with E-state index in [1.165, 1.54) is 13.1 Å². The van der Waals surface area contributed by atoms with E-state index in [2.05, 4.69) is 15.9 Å². The minimum atomic E-state index is -0.603. The van der Waals surface area contributed by atoms with Crippen molar-refractivity contribution in [3.8, 4) is 0 Å². The summed E-state index contributed by atoms with van der Waals surface area (Å²) in [6, 6.07) is 4.75. The summed E-state index contributed by atoms with van der Waals surface area (Å²) >= 11 is 3.07. The number of hydrogen-bond donors (Lipinski definition) is 0. The molecule has 0 heterocycles. The second kappa shape index (κ2) is 5.04. The molecule has 94 valence electrons. The fourth-order valence-corrected chi connectivity index (χ4v) is 1.54. The SMILES string of the molecule is CN(C(=O)OC(C)(C)C)c1cccc(Br)c1F. The predicted molar refractivity (Wildman–Crippen MR) is 68.7 cm³/mol. The van der Waals surface area contributed by atoms with Crippen molar-refractivity contribution in [3.05, 3.63) is 28.5 Å². The third-order valence-electron chi connectivity index (χ3n) is 1.96. The molecule has 0 unspecified atom stereocenters. The molecule has 0 aliphatic carbocycles. The average molecular weight is 304 g/mol. The van der Waals surface area contributed by atoms with Gasteiger partial charge in [-0.3, -0.25) is 4.90 Å². The molecule has 17 heavy (non-hydrogen) atoms. The molecule has 0 bridgehead atoms. The zero-order valence-corrected chi connectivity index (χ0v) is 11.8. The highest BCUT2D eigenvalue weighted by molar-refractivity contribution is 9.10. The maximum absolute atomic E-state index is 13.7. The fraction of sp³-hybridized carbons (Fsp3) is 0.417. The van der Waals surface area contributed by atoms with Crippen molar-refractivity contribution in [2.75, 3.05) is 11.9 Å². The third kappa shape index (κ3) is 3.70. The number of anilines is 1. The summed E-state index contributed by atoms with van der Waals surface area (Å²) < 4.78 is 19.2. The number of amides is 1. The molecule has 1 aromatic carbocycles. The number of hydrogen-bond acceptors (Lipinski definition) is 2. The average Bonchev–Trinajstić information content (AvgIpc) is 2.18. The van der Waals surface area contributed by atoms with E-state index in [0.717, 1.165) is 4.90 Å². The van der Waals surface area contributed by atoms with E-state index in [-0.39, 0.29) is 5.69 Å². The van der Waals surface area contributed by atoms with Crippen molar-refractivity contribution in [1.82, 2.24) is 0 Å². The lowest BCUT2D eigenvalue weighted by Gasteiger charge is -2.25. The van der Waals surface area contributed by atoms with Crippen LogP contribution >= 0.6 is 15.9 Å². The van der Waals surface area contributed by atoms with E-state index in [1.807, 2.05) is 0 Å². The zero-order valence-electron chi connectivity index (χ0n) is 10.3. The first kappa shape index (κ1) is 14.0. The molecule has 1 aromatic rings. The van der Waals surface area contributed by atoms with Gasteiger partial charge in [0, 0.05) is 7.05 Å². The minimum Gasteiger partial charge on any atom is -0.443 e. The van der Waals surface area contributed by atoms with Crippen LogP contribution in [0, 0.1) is 5.82 Å². The monoisotopic (exact) mass is 303 g/mol. The molecule has 0 aliphatic heterocycles. The van der Waals surface area contributed by atoms with Gasteiger partial charge in [0.2, 0.25) is 0 Å². The Balaban J connectivity index is 2.93. The Morgan fingerprint density at radius 2 is 2.00 bits per heavy atom. The first-order chi connectivity index (χ1) is 7.72. The topological polar surface area (TPSA) is 29.5 Å². The molecule has 0 saturated carbocycles. The molecular formula is C12H15BrFNO2. The second-order valence-corrected chi connectivity index (χ2v) is 5.47. The van der Waals surface area contributed by atoms with Gasteiger partial charge in [0.15, 0.2) is 5.82 Å². The van der Waals surface area contributed by atoms with E-state index in [0.29, 0.717) is 4.47 Å². The van der Waals surface area contributed by atoms with Crippen molar-refractivity contribution in [2.45, 2.75) is 26.4 Å². The molecule has 0 N–H and O–H groups in total. The van der Waals surface area contributed by atoms with Crippen LogP contribution in [0.5, 0.6) is 0 Å². The Morgan fingerprint density at radius 1 is 1.41 bits per heavy atom. The van der Waals surface area contributed by atoms with Crippen molar-refractivity contribution < 1.29 is 13.9 Å². The molecule has 5 heteroatoms. The Labute approximate surface area is 109 Å². The van der Waals surface area contributed by atoms with Crippen molar-refractivity contribution >= 4 is 27.7 Å². The number of ether oxygens (including phenoxy) is 1. The number of halogens is 2. The van der Waals surface area contributed by atoms with E-state index >= 15 is 0 Å². The predicted octanol–water partition coefficient (Wildman–Crippen LogP) is 3.96. The molecule has 0 aliphatic rings. The molecule has 1 rings (SSSR count). The molecule has 0 saturated heterocycles. The summed E-state index contributed by atoms with van der Waals surface area (Å²) in [6.07, 6.45) is -0.588. The standard InChI is InChI=1S/C12H15BrFNO2/c1-12(2,3)17-11(16)15(4)9-7-5-6-8(13)10(9)14/h5-7H,1-4H3. The van der Waals surface area contributed by atoms with E-state index in [4.69, 9.17) is 4.74 Å². The number of carbonyl (C=O) groups is 1. The highest BCUT2D eigenvalue weighted by Gasteiger charge is 2.22. The van der Waals surface area contributed by atoms with E-state index in [9.17, 15) is 9.18 Å². The normalized spacial score (nSPS) is 11.2. The van der Waals surface area contributed by atoms with Crippen molar-refractivity contribution in [3.63, 3.8) is 0 Å². The van der Waals surface area contributed by atoms with Crippen molar-refractivity contribution in [1.29, 1.82) is 0 Å². The summed E-state index contributed by atoms with van der Waals surface area (Å²) in [5.41, 5.74) is -0.429. The highest BCUT2D eigenvalue weighted by Crippen LogP contribution is 2.26. The van der Waals surface area contributed by atoms with Crippen LogP contribution in [0.3, 0.4) is 0 Å². The zero-order chi connectivity index (χ0) is 13.2. The molecular weight excluding hydrogens is 289 g/mol. The molecule has 0 aromatic heterocycles. The lowest BCUT2D eigenvalue weighted by molar-refractivity contribution is 0.0588. The first-order valence-corrected chi connectivity index (χ1v) is 5.92. The van der Waals surface area contributed by atoms with Gasteiger partial charge in [-0.2, -0.15) is 0 Å². The lowest BCUT2D eigenvalue weighted by atomic mass is 10.2. The summed E-state index contributed by atoms with van der Waals surface area (Å²) in [4.78, 5) is 12.9. The number of rotatable bonds is 1. The van der Waals surface area contributed by atoms with Crippen LogP contribution in [0.1, 0.15) is 20.8 Å². The van der Waals surface area contributed by atoms with E-state index < -0.39 is 17.5 Å². The van der Waals surface area contributed by atoms with Gasteiger partial charge in [-0.25, -0.2) is 9.18 Å². The third-order valence-corrected chi connectivity index (χ3v) is 2.57. The van der Waals surface area contributed by atoms with Crippen LogP contribution < -0.4 is 4.90 Å². The largest absolute Gasteiger partial charge is 0.443 e.